The summed E-state index contributed by atoms with van der Waals surface area (Å²) >= 11 is 0. The van der Waals surface area contributed by atoms with E-state index in [0.717, 1.165) is 0 Å². The van der Waals surface area contributed by atoms with Gasteiger partial charge in [0.1, 0.15) is 0 Å². The van der Waals surface area contributed by atoms with Crippen molar-refractivity contribution >= 4 is 17.7 Å². The van der Waals surface area contributed by atoms with E-state index in [4.69, 9.17) is 0 Å². The van der Waals surface area contributed by atoms with Crippen LogP contribution in [-0.2, 0) is 14.4 Å². The van der Waals surface area contributed by atoms with Crippen LogP contribution in [0.1, 0.15) is 20.3 Å². The number of nitrogens with one attached hydrogen (secondary N) is 3. The molecule has 6 heteroatoms. The van der Waals surface area contributed by atoms with Crippen molar-refractivity contribution in [2.24, 2.45) is 11.8 Å². The predicted molar refractivity (Wildman–Crippen MR) is 62.0 cm³/mol. The largest absolute Gasteiger partial charge is 0.355 e. The maximum Gasteiger partial charge on any atom is 0.239 e. The first kappa shape index (κ1) is 13.5. The Balaban J connectivity index is 2.19. The summed E-state index contributed by atoms with van der Waals surface area (Å²) in [5.74, 6) is -0.534. The Morgan fingerprint density at radius 2 is 2.12 bits per heavy atom. The predicted octanol–water partition coefficient (Wildman–Crippen LogP) is -0.989. The standard InChI is InChI=1S/C11H19N3O3/c1-7(2)4-12-10(16)6-14-11(17)8-3-9(15)13-5-8/h7-8H,3-6H2,1-2H3,(H,12,16)(H,13,15)(H,14,17). The van der Waals surface area contributed by atoms with E-state index in [1.807, 2.05) is 13.8 Å². The second-order valence-corrected chi connectivity index (χ2v) is 4.62. The highest BCUT2D eigenvalue weighted by Crippen LogP contribution is 2.07. The zero-order valence-electron chi connectivity index (χ0n) is 10.2. The van der Waals surface area contributed by atoms with Gasteiger partial charge in [-0.3, -0.25) is 14.4 Å². The van der Waals surface area contributed by atoms with Crippen molar-refractivity contribution in [1.29, 1.82) is 0 Å². The quantitative estimate of drug-likeness (QED) is 0.577. The van der Waals surface area contributed by atoms with Gasteiger partial charge >= 0.3 is 0 Å². The van der Waals surface area contributed by atoms with Crippen molar-refractivity contribution in [3.63, 3.8) is 0 Å². The molecule has 1 aliphatic rings. The smallest absolute Gasteiger partial charge is 0.239 e. The maximum atomic E-state index is 11.6. The summed E-state index contributed by atoms with van der Waals surface area (Å²) in [6.07, 6.45) is 0.208. The van der Waals surface area contributed by atoms with Gasteiger partial charge < -0.3 is 16.0 Å². The lowest BCUT2D eigenvalue weighted by atomic mass is 10.1. The highest BCUT2D eigenvalue weighted by molar-refractivity contribution is 5.91. The molecule has 1 rings (SSSR count). The Bertz CT molecular complexity index is 315. The molecule has 3 amide bonds. The highest BCUT2D eigenvalue weighted by atomic mass is 16.2. The Morgan fingerprint density at radius 3 is 2.65 bits per heavy atom. The third-order valence-electron chi connectivity index (χ3n) is 2.48. The molecule has 0 aliphatic carbocycles. The van der Waals surface area contributed by atoms with Crippen LogP contribution in [0, 0.1) is 11.8 Å². The summed E-state index contributed by atoms with van der Waals surface area (Å²) in [7, 11) is 0. The molecule has 0 saturated carbocycles. The average Bonchev–Trinajstić information content (AvgIpc) is 2.70. The molecule has 6 nitrogen and oxygen atoms in total. The van der Waals surface area contributed by atoms with Crippen molar-refractivity contribution in [1.82, 2.24) is 16.0 Å². The molecule has 0 aromatic rings. The molecule has 1 aliphatic heterocycles. The van der Waals surface area contributed by atoms with E-state index in [9.17, 15) is 14.4 Å². The Morgan fingerprint density at radius 1 is 1.41 bits per heavy atom. The summed E-state index contributed by atoms with van der Waals surface area (Å²) in [5.41, 5.74) is 0. The van der Waals surface area contributed by atoms with E-state index in [1.54, 1.807) is 0 Å². The highest BCUT2D eigenvalue weighted by Gasteiger charge is 2.27. The first-order valence-corrected chi connectivity index (χ1v) is 5.80. The van der Waals surface area contributed by atoms with Gasteiger partial charge in [-0.05, 0) is 5.92 Å². The molecule has 0 aromatic heterocycles. The fourth-order valence-electron chi connectivity index (χ4n) is 1.48. The zero-order valence-corrected chi connectivity index (χ0v) is 10.2. The van der Waals surface area contributed by atoms with Gasteiger partial charge in [-0.2, -0.15) is 0 Å². The van der Waals surface area contributed by atoms with Gasteiger partial charge in [0.05, 0.1) is 12.5 Å². The SMILES string of the molecule is CC(C)CNC(=O)CNC(=O)C1CNC(=O)C1. The zero-order chi connectivity index (χ0) is 12.8. The lowest BCUT2D eigenvalue weighted by Crippen LogP contribution is -2.41. The minimum Gasteiger partial charge on any atom is -0.355 e. The maximum absolute atomic E-state index is 11.6. The van der Waals surface area contributed by atoms with E-state index in [2.05, 4.69) is 16.0 Å². The molecule has 1 heterocycles. The first-order valence-electron chi connectivity index (χ1n) is 5.80. The van der Waals surface area contributed by atoms with E-state index in [0.29, 0.717) is 19.0 Å². The summed E-state index contributed by atoms with van der Waals surface area (Å²) in [6.45, 7) is 4.91. The van der Waals surface area contributed by atoms with Crippen LogP contribution in [0.25, 0.3) is 0 Å². The number of carbonyl (C=O) groups excluding carboxylic acids is 3. The van der Waals surface area contributed by atoms with Crippen LogP contribution in [0.15, 0.2) is 0 Å². The van der Waals surface area contributed by atoms with Crippen molar-refractivity contribution in [2.45, 2.75) is 20.3 Å². The van der Waals surface area contributed by atoms with Crippen molar-refractivity contribution in [2.75, 3.05) is 19.6 Å². The van der Waals surface area contributed by atoms with Gasteiger partial charge in [-0.25, -0.2) is 0 Å². The van der Waals surface area contributed by atoms with Gasteiger partial charge in [0.2, 0.25) is 17.7 Å². The topological polar surface area (TPSA) is 87.3 Å². The van der Waals surface area contributed by atoms with Gasteiger partial charge in [-0.15, -0.1) is 0 Å². The molecule has 1 atom stereocenters. The molecule has 0 radical (unpaired) electrons. The van der Waals surface area contributed by atoms with E-state index >= 15 is 0 Å². The molecule has 0 bridgehead atoms. The molecule has 1 fully saturated rings. The normalized spacial score (nSPS) is 19.0. The summed E-state index contributed by atoms with van der Waals surface area (Å²) < 4.78 is 0. The van der Waals surface area contributed by atoms with E-state index in [-0.39, 0.29) is 36.6 Å². The van der Waals surface area contributed by atoms with Crippen molar-refractivity contribution in [3.05, 3.63) is 0 Å². The number of rotatable bonds is 5. The van der Waals surface area contributed by atoms with E-state index in [1.165, 1.54) is 0 Å². The van der Waals surface area contributed by atoms with Crippen LogP contribution in [0.2, 0.25) is 0 Å². The average molecular weight is 241 g/mol. The molecule has 17 heavy (non-hydrogen) atoms. The molecule has 0 aromatic carbocycles. The molecule has 0 spiro atoms. The fourth-order valence-corrected chi connectivity index (χ4v) is 1.48. The number of amides is 3. The van der Waals surface area contributed by atoms with Crippen LogP contribution < -0.4 is 16.0 Å². The van der Waals surface area contributed by atoms with Gasteiger partial charge in [0, 0.05) is 19.5 Å². The van der Waals surface area contributed by atoms with E-state index < -0.39 is 0 Å². The molecule has 96 valence electrons. The monoisotopic (exact) mass is 241 g/mol. The second kappa shape index (κ2) is 6.22. The Labute approximate surface area is 101 Å². The van der Waals surface area contributed by atoms with Gasteiger partial charge in [0.15, 0.2) is 0 Å². The summed E-state index contributed by atoms with van der Waals surface area (Å²) in [5, 5.41) is 7.80. The van der Waals surface area contributed by atoms with Gasteiger partial charge in [-0.1, -0.05) is 13.8 Å². The van der Waals surface area contributed by atoms with Gasteiger partial charge in [0.25, 0.3) is 0 Å². The molecule has 1 saturated heterocycles. The number of hydrogen-bond donors (Lipinski definition) is 3. The molecule has 3 N–H and O–H groups in total. The Kier molecular flexibility index (Phi) is 4.93. The second-order valence-electron chi connectivity index (χ2n) is 4.62. The molecular weight excluding hydrogens is 222 g/mol. The molecular formula is C11H19N3O3. The van der Waals surface area contributed by atoms with Crippen LogP contribution in [-0.4, -0.2) is 37.4 Å². The molecule has 1 unspecified atom stereocenters. The lowest BCUT2D eigenvalue weighted by molar-refractivity contribution is -0.129. The van der Waals surface area contributed by atoms with Crippen LogP contribution in [0.4, 0.5) is 0 Å². The summed E-state index contributed by atoms with van der Waals surface area (Å²) in [4.78, 5) is 33.8. The first-order chi connectivity index (χ1) is 7.99. The van der Waals surface area contributed by atoms with Crippen LogP contribution in [0.5, 0.6) is 0 Å². The minimum absolute atomic E-state index is 0.0315. The third kappa shape index (κ3) is 4.84. The summed E-state index contributed by atoms with van der Waals surface area (Å²) in [6, 6.07) is 0. The third-order valence-corrected chi connectivity index (χ3v) is 2.48. The Hall–Kier alpha value is -1.59. The minimum atomic E-state index is -0.347. The van der Waals surface area contributed by atoms with Crippen molar-refractivity contribution < 1.29 is 14.4 Å². The van der Waals surface area contributed by atoms with Crippen LogP contribution in [0.3, 0.4) is 0 Å². The lowest BCUT2D eigenvalue weighted by Gasteiger charge is -2.10. The fraction of sp³-hybridized carbons (Fsp3) is 0.727. The number of carbonyl (C=O) groups is 3. The van der Waals surface area contributed by atoms with Crippen LogP contribution >= 0.6 is 0 Å². The number of hydrogen-bond acceptors (Lipinski definition) is 3. The van der Waals surface area contributed by atoms with Crippen molar-refractivity contribution in [3.8, 4) is 0 Å².